The smallest absolute Gasteiger partial charge is 0.0496 e. The van der Waals surface area contributed by atoms with Crippen LogP contribution < -0.4 is 5.32 Å². The fourth-order valence-corrected chi connectivity index (χ4v) is 6.56. The second kappa shape index (κ2) is 14.0. The summed E-state index contributed by atoms with van der Waals surface area (Å²) in [6.45, 7) is 13.0. The van der Waals surface area contributed by atoms with Gasteiger partial charge in [-0.1, -0.05) is 134 Å². The van der Waals surface area contributed by atoms with E-state index in [9.17, 15) is 0 Å². The highest BCUT2D eigenvalue weighted by molar-refractivity contribution is 6.09. The molecule has 0 spiro atoms. The molecule has 1 aromatic heterocycles. The van der Waals surface area contributed by atoms with Gasteiger partial charge in [0, 0.05) is 39.1 Å². The highest BCUT2D eigenvalue weighted by Crippen LogP contribution is 2.37. The van der Waals surface area contributed by atoms with Gasteiger partial charge in [0.2, 0.25) is 0 Å². The van der Waals surface area contributed by atoms with E-state index in [0.717, 1.165) is 12.1 Å². The summed E-state index contributed by atoms with van der Waals surface area (Å²) in [5.74, 6) is 0. The van der Waals surface area contributed by atoms with Crippen LogP contribution in [0.1, 0.15) is 45.2 Å². The molecule has 0 aliphatic heterocycles. The van der Waals surface area contributed by atoms with E-state index in [-0.39, 0.29) is 11.6 Å². The van der Waals surface area contributed by atoms with E-state index in [1.165, 1.54) is 55.2 Å². The van der Waals surface area contributed by atoms with Crippen molar-refractivity contribution in [3.8, 4) is 11.1 Å². The first-order valence-corrected chi connectivity index (χ1v) is 16.5. The Morgan fingerprint density at radius 2 is 1.36 bits per heavy atom. The highest BCUT2D eigenvalue weighted by atomic mass is 15.0. The number of fused-ring (bicyclic) bond motifs is 3. The third kappa shape index (κ3) is 7.08. The third-order valence-corrected chi connectivity index (χ3v) is 8.71. The molecule has 0 fully saturated rings. The Bertz CT molecular complexity index is 2080. The van der Waals surface area contributed by atoms with Gasteiger partial charge < -0.3 is 9.88 Å². The molecule has 0 amide bonds. The van der Waals surface area contributed by atoms with Crippen LogP contribution in [0.3, 0.4) is 0 Å². The van der Waals surface area contributed by atoms with E-state index in [0.29, 0.717) is 0 Å². The number of anilines is 1. The van der Waals surface area contributed by atoms with Crippen molar-refractivity contribution in [2.75, 3.05) is 5.32 Å². The van der Waals surface area contributed by atoms with Gasteiger partial charge in [0.05, 0.1) is 0 Å². The Kier molecular flexibility index (Phi) is 9.40. The Morgan fingerprint density at radius 3 is 2.09 bits per heavy atom. The number of rotatable bonds is 10. The van der Waals surface area contributed by atoms with Crippen LogP contribution in [0, 0.1) is 0 Å². The number of nitrogens with one attached hydrogen (secondary N) is 1. The minimum absolute atomic E-state index is 0.0194. The van der Waals surface area contributed by atoms with Gasteiger partial charge in [-0.3, -0.25) is 0 Å². The molecule has 1 atom stereocenters. The van der Waals surface area contributed by atoms with Crippen LogP contribution in [0.4, 0.5) is 5.69 Å². The molecule has 5 aromatic carbocycles. The van der Waals surface area contributed by atoms with Crippen LogP contribution >= 0.6 is 0 Å². The molecular weight excluding hydrogens is 569 g/mol. The van der Waals surface area contributed by atoms with Gasteiger partial charge >= 0.3 is 0 Å². The molecule has 0 aliphatic rings. The van der Waals surface area contributed by atoms with E-state index < -0.39 is 0 Å². The summed E-state index contributed by atoms with van der Waals surface area (Å²) in [7, 11) is 0. The molecule has 1 heterocycles. The molecule has 0 saturated carbocycles. The van der Waals surface area contributed by atoms with Crippen molar-refractivity contribution < 1.29 is 0 Å². The summed E-state index contributed by atoms with van der Waals surface area (Å²) in [6.07, 6.45) is 11.4. The number of hydrogen-bond donors (Lipinski definition) is 1. The molecule has 0 bridgehead atoms. The molecular formula is C45H44N2. The molecule has 1 unspecified atom stereocenters. The lowest BCUT2D eigenvalue weighted by atomic mass is 9.97. The molecule has 47 heavy (non-hydrogen) atoms. The number of benzene rings is 5. The maximum atomic E-state index is 3.92. The summed E-state index contributed by atoms with van der Waals surface area (Å²) < 4.78 is 2.46. The van der Waals surface area contributed by atoms with Crippen molar-refractivity contribution >= 4 is 38.6 Å². The summed E-state index contributed by atoms with van der Waals surface area (Å²) in [5, 5.41) is 6.39. The van der Waals surface area contributed by atoms with E-state index in [1.54, 1.807) is 0 Å². The zero-order valence-electron chi connectivity index (χ0n) is 27.9. The lowest BCUT2D eigenvalue weighted by Gasteiger charge is -2.24. The van der Waals surface area contributed by atoms with Crippen molar-refractivity contribution in [2.45, 2.75) is 45.7 Å². The first-order valence-electron chi connectivity index (χ1n) is 16.5. The topological polar surface area (TPSA) is 17.0 Å². The molecule has 6 aromatic rings. The predicted molar refractivity (Wildman–Crippen MR) is 206 cm³/mol. The standard InChI is InChI=1S/C45H44N2/c1-6-18-34(35-19-9-7-10-20-35)21-13-14-26-40(36-22-11-8-12-23-36)33(2)46-39-25-17-24-37(31-39)38-29-30-44-42(32-38)41-27-15-16-28-43(41)47(44)45(3,4)5/h6-20,22-33,46H,1,21H2,2-5H3/b14-13-,34-18+,40-26+. The van der Waals surface area contributed by atoms with Crippen LogP contribution in [-0.4, -0.2) is 10.6 Å². The minimum atomic E-state index is -0.0194. The Hall–Kier alpha value is -5.34. The summed E-state index contributed by atoms with van der Waals surface area (Å²) in [5.41, 5.74) is 10.9. The monoisotopic (exact) mass is 612 g/mol. The predicted octanol–water partition coefficient (Wildman–Crippen LogP) is 12.3. The third-order valence-electron chi connectivity index (χ3n) is 8.71. The number of hydrogen-bond acceptors (Lipinski definition) is 1. The lowest BCUT2D eigenvalue weighted by molar-refractivity contribution is 0.423. The van der Waals surface area contributed by atoms with Gasteiger partial charge in [-0.2, -0.15) is 0 Å². The van der Waals surface area contributed by atoms with Crippen molar-refractivity contribution in [3.63, 3.8) is 0 Å². The first-order chi connectivity index (χ1) is 22.8. The molecule has 6 rings (SSSR count). The molecule has 1 N–H and O–H groups in total. The van der Waals surface area contributed by atoms with E-state index in [4.69, 9.17) is 0 Å². The average molecular weight is 613 g/mol. The van der Waals surface area contributed by atoms with E-state index in [2.05, 4.69) is 196 Å². The maximum Gasteiger partial charge on any atom is 0.0496 e. The van der Waals surface area contributed by atoms with Gasteiger partial charge in [-0.05, 0) is 97.8 Å². The van der Waals surface area contributed by atoms with Crippen molar-refractivity contribution in [1.29, 1.82) is 0 Å². The molecule has 0 saturated heterocycles. The Balaban J connectivity index is 1.27. The minimum Gasteiger partial charge on any atom is -0.378 e. The normalized spacial score (nSPS) is 13.4. The fourth-order valence-electron chi connectivity index (χ4n) is 6.56. The van der Waals surface area contributed by atoms with Gasteiger partial charge in [0.15, 0.2) is 0 Å². The summed E-state index contributed by atoms with van der Waals surface area (Å²) >= 11 is 0. The van der Waals surface area contributed by atoms with Crippen molar-refractivity contribution in [1.82, 2.24) is 4.57 Å². The molecule has 2 nitrogen and oxygen atoms in total. The highest BCUT2D eigenvalue weighted by Gasteiger charge is 2.20. The second-order valence-corrected chi connectivity index (χ2v) is 13.1. The quantitative estimate of drug-likeness (QED) is 0.152. The van der Waals surface area contributed by atoms with Crippen molar-refractivity contribution in [2.24, 2.45) is 0 Å². The molecule has 0 radical (unpaired) electrons. The van der Waals surface area contributed by atoms with Crippen molar-refractivity contribution in [3.05, 3.63) is 175 Å². The van der Waals surface area contributed by atoms with Gasteiger partial charge in [-0.15, -0.1) is 0 Å². The van der Waals surface area contributed by atoms with E-state index in [1.807, 2.05) is 6.08 Å². The van der Waals surface area contributed by atoms with Crippen LogP contribution in [0.2, 0.25) is 0 Å². The largest absolute Gasteiger partial charge is 0.378 e. The zero-order valence-corrected chi connectivity index (χ0v) is 27.9. The number of aromatic nitrogens is 1. The van der Waals surface area contributed by atoms with Gasteiger partial charge in [-0.25, -0.2) is 0 Å². The van der Waals surface area contributed by atoms with Crippen LogP contribution in [0.15, 0.2) is 164 Å². The Labute approximate surface area is 280 Å². The molecule has 2 heteroatoms. The molecule has 234 valence electrons. The maximum absolute atomic E-state index is 3.92. The average Bonchev–Trinajstić information content (AvgIpc) is 3.43. The zero-order chi connectivity index (χ0) is 32.8. The summed E-state index contributed by atoms with van der Waals surface area (Å²) in [6, 6.07) is 45.7. The molecule has 0 aliphatic carbocycles. The van der Waals surface area contributed by atoms with Crippen LogP contribution in [-0.2, 0) is 5.54 Å². The first kappa shape index (κ1) is 31.6. The van der Waals surface area contributed by atoms with Crippen LogP contribution in [0.5, 0.6) is 0 Å². The number of allylic oxidation sites excluding steroid dienone is 6. The lowest BCUT2D eigenvalue weighted by Crippen LogP contribution is -2.21. The van der Waals surface area contributed by atoms with Crippen LogP contribution in [0.25, 0.3) is 44.1 Å². The Morgan fingerprint density at radius 1 is 0.702 bits per heavy atom. The summed E-state index contributed by atoms with van der Waals surface area (Å²) in [4.78, 5) is 0. The second-order valence-electron chi connectivity index (χ2n) is 13.1. The number of para-hydroxylation sites is 1. The fraction of sp³-hybridized carbons (Fsp3) is 0.156. The van der Waals surface area contributed by atoms with Gasteiger partial charge in [0.1, 0.15) is 0 Å². The van der Waals surface area contributed by atoms with E-state index >= 15 is 0 Å². The number of nitrogens with zero attached hydrogens (tertiary/aromatic N) is 1. The van der Waals surface area contributed by atoms with Gasteiger partial charge in [0.25, 0.3) is 0 Å². The SMILES string of the molecule is C=C/C=C(\C/C=C\C=C(\c1ccccc1)C(C)Nc1cccc(-c2ccc3c(c2)c2ccccc2n3C(C)(C)C)c1)c1ccccc1.